The molecule has 9 nitrogen and oxygen atoms in total. The predicted octanol–water partition coefficient (Wildman–Crippen LogP) is 3.47. The molecule has 2 N–H and O–H groups in total. The summed E-state index contributed by atoms with van der Waals surface area (Å²) in [6, 6.07) is 10.1. The zero-order valence-corrected chi connectivity index (χ0v) is 19.7. The lowest BCUT2D eigenvalue weighted by Gasteiger charge is -2.14. The van der Waals surface area contributed by atoms with Gasteiger partial charge in [-0.25, -0.2) is 9.67 Å². The van der Waals surface area contributed by atoms with E-state index in [-0.39, 0.29) is 17.9 Å². The molecule has 3 aromatic heterocycles. The molecule has 1 saturated carbocycles. The average molecular weight is 510 g/mol. The SMILES string of the molecule is COCCNC(=O)[C@H]1CC[C@@H](Nc2ncc3c(Br)nn(-c4ccc5ncccc5c4)c3n2)C1. The Labute approximate surface area is 199 Å². The van der Waals surface area contributed by atoms with Crippen LogP contribution in [-0.4, -0.2) is 56.9 Å². The zero-order chi connectivity index (χ0) is 22.8. The molecule has 1 aliphatic carbocycles. The van der Waals surface area contributed by atoms with Crippen LogP contribution in [0.15, 0.2) is 47.3 Å². The first-order chi connectivity index (χ1) is 16.1. The Kier molecular flexibility index (Phi) is 6.19. The molecule has 33 heavy (non-hydrogen) atoms. The molecular weight excluding hydrogens is 486 g/mol. The molecule has 0 saturated heterocycles. The van der Waals surface area contributed by atoms with Crippen LogP contribution in [0, 0.1) is 5.92 Å². The fourth-order valence-electron chi connectivity index (χ4n) is 4.27. The molecule has 0 spiro atoms. The first-order valence-electron chi connectivity index (χ1n) is 10.9. The summed E-state index contributed by atoms with van der Waals surface area (Å²) in [5.41, 5.74) is 2.52. The van der Waals surface area contributed by atoms with E-state index in [0.29, 0.717) is 29.4 Å². The van der Waals surface area contributed by atoms with Crippen molar-refractivity contribution < 1.29 is 9.53 Å². The number of aromatic nitrogens is 5. The average Bonchev–Trinajstić information content (AvgIpc) is 3.43. The molecule has 0 bridgehead atoms. The Bertz CT molecular complexity index is 1310. The van der Waals surface area contributed by atoms with Gasteiger partial charge in [-0.2, -0.15) is 10.1 Å². The van der Waals surface area contributed by atoms with E-state index in [0.717, 1.165) is 41.2 Å². The zero-order valence-electron chi connectivity index (χ0n) is 18.2. The molecule has 1 aliphatic rings. The number of nitrogens with one attached hydrogen (secondary N) is 2. The third kappa shape index (κ3) is 4.53. The summed E-state index contributed by atoms with van der Waals surface area (Å²) in [6.07, 6.45) is 6.03. The van der Waals surface area contributed by atoms with E-state index in [2.05, 4.69) is 41.6 Å². The third-order valence-electron chi connectivity index (χ3n) is 5.95. The van der Waals surface area contributed by atoms with E-state index in [4.69, 9.17) is 9.72 Å². The van der Waals surface area contributed by atoms with Crippen molar-refractivity contribution in [1.29, 1.82) is 0 Å². The molecule has 0 radical (unpaired) electrons. The van der Waals surface area contributed by atoms with Crippen molar-refractivity contribution in [2.75, 3.05) is 25.6 Å². The standard InChI is InChI=1S/C23H24BrN7O2/c1-33-10-9-26-22(32)15-4-5-16(11-15)28-23-27-13-18-20(24)30-31(21(18)29-23)17-6-7-19-14(12-17)3-2-8-25-19/h2-3,6-8,12-13,15-16H,4-5,9-11H2,1H3,(H,26,32)(H,27,28,29)/t15-,16+/m0/s1. The topological polar surface area (TPSA) is 107 Å². The van der Waals surface area contributed by atoms with Gasteiger partial charge in [-0.1, -0.05) is 6.07 Å². The summed E-state index contributed by atoms with van der Waals surface area (Å²) in [6.45, 7) is 1.05. The van der Waals surface area contributed by atoms with E-state index in [9.17, 15) is 4.79 Å². The molecule has 1 fully saturated rings. The molecule has 3 heterocycles. The van der Waals surface area contributed by atoms with E-state index in [1.165, 1.54) is 0 Å². The Morgan fingerprint density at radius 1 is 1.27 bits per heavy atom. The Balaban J connectivity index is 1.36. The van der Waals surface area contributed by atoms with Crippen LogP contribution in [0.25, 0.3) is 27.6 Å². The number of benzene rings is 1. The van der Waals surface area contributed by atoms with Crippen LogP contribution in [0.3, 0.4) is 0 Å². The van der Waals surface area contributed by atoms with Crippen LogP contribution in [0.5, 0.6) is 0 Å². The lowest BCUT2D eigenvalue weighted by molar-refractivity contribution is -0.125. The van der Waals surface area contributed by atoms with Gasteiger partial charge in [0.15, 0.2) is 5.65 Å². The quantitative estimate of drug-likeness (QED) is 0.367. The lowest BCUT2D eigenvalue weighted by atomic mass is 10.1. The van der Waals surface area contributed by atoms with Gasteiger partial charge < -0.3 is 15.4 Å². The van der Waals surface area contributed by atoms with E-state index >= 15 is 0 Å². The first kappa shape index (κ1) is 21.7. The molecule has 2 atom stereocenters. The molecule has 170 valence electrons. The molecule has 1 aromatic carbocycles. The highest BCUT2D eigenvalue weighted by atomic mass is 79.9. The number of anilines is 1. The van der Waals surface area contributed by atoms with Crippen LogP contribution in [-0.2, 0) is 9.53 Å². The summed E-state index contributed by atoms with van der Waals surface area (Å²) < 4.78 is 7.49. The number of hydrogen-bond donors (Lipinski definition) is 2. The minimum atomic E-state index is -0.00558. The molecular formula is C23H24BrN7O2. The van der Waals surface area contributed by atoms with E-state index in [1.807, 2.05) is 30.3 Å². The van der Waals surface area contributed by atoms with Crippen LogP contribution in [0.1, 0.15) is 19.3 Å². The number of carbonyl (C=O) groups is 1. The Morgan fingerprint density at radius 3 is 3.06 bits per heavy atom. The number of rotatable bonds is 7. The van der Waals surface area contributed by atoms with Crippen molar-refractivity contribution in [3.05, 3.63) is 47.3 Å². The normalized spacial score (nSPS) is 18.1. The predicted molar refractivity (Wildman–Crippen MR) is 129 cm³/mol. The summed E-state index contributed by atoms with van der Waals surface area (Å²) in [5.74, 6) is 0.610. The molecule has 4 aromatic rings. The van der Waals surface area contributed by atoms with Crippen molar-refractivity contribution in [3.8, 4) is 5.69 Å². The van der Waals surface area contributed by atoms with Gasteiger partial charge in [-0.05, 0) is 59.5 Å². The second-order valence-electron chi connectivity index (χ2n) is 8.15. The number of fused-ring (bicyclic) bond motifs is 2. The Hall–Kier alpha value is -3.11. The maximum Gasteiger partial charge on any atom is 0.224 e. The van der Waals surface area contributed by atoms with Crippen LogP contribution < -0.4 is 10.6 Å². The molecule has 0 aliphatic heterocycles. The highest BCUT2D eigenvalue weighted by molar-refractivity contribution is 9.10. The summed E-state index contributed by atoms with van der Waals surface area (Å²) in [4.78, 5) is 26.0. The second kappa shape index (κ2) is 9.40. The van der Waals surface area contributed by atoms with Gasteiger partial charge in [0.05, 0.1) is 23.2 Å². The Morgan fingerprint density at radius 2 is 2.18 bits per heavy atom. The number of methoxy groups -OCH3 is 1. The lowest BCUT2D eigenvalue weighted by Crippen LogP contribution is -2.32. The first-order valence-corrected chi connectivity index (χ1v) is 11.7. The smallest absolute Gasteiger partial charge is 0.224 e. The van der Waals surface area contributed by atoms with Gasteiger partial charge >= 0.3 is 0 Å². The number of pyridine rings is 1. The number of amides is 1. The largest absolute Gasteiger partial charge is 0.383 e. The molecule has 0 unspecified atom stereocenters. The van der Waals surface area contributed by atoms with Gasteiger partial charge in [0, 0.05) is 43.4 Å². The van der Waals surface area contributed by atoms with Crippen molar-refractivity contribution in [1.82, 2.24) is 30.0 Å². The maximum absolute atomic E-state index is 12.3. The number of hydrogen-bond acceptors (Lipinski definition) is 7. The highest BCUT2D eigenvalue weighted by Gasteiger charge is 2.30. The van der Waals surface area contributed by atoms with Gasteiger partial charge in [-0.3, -0.25) is 9.78 Å². The van der Waals surface area contributed by atoms with Crippen LogP contribution in [0.4, 0.5) is 5.95 Å². The minimum Gasteiger partial charge on any atom is -0.383 e. The van der Waals surface area contributed by atoms with Crippen molar-refractivity contribution in [2.24, 2.45) is 5.92 Å². The van der Waals surface area contributed by atoms with E-state index < -0.39 is 0 Å². The number of ether oxygens (including phenoxy) is 1. The van der Waals surface area contributed by atoms with Crippen molar-refractivity contribution in [2.45, 2.75) is 25.3 Å². The van der Waals surface area contributed by atoms with Crippen molar-refractivity contribution >= 4 is 49.7 Å². The second-order valence-corrected chi connectivity index (χ2v) is 8.90. The van der Waals surface area contributed by atoms with Crippen LogP contribution >= 0.6 is 15.9 Å². The molecule has 5 rings (SSSR count). The summed E-state index contributed by atoms with van der Waals surface area (Å²) in [5, 5.41) is 12.8. The monoisotopic (exact) mass is 509 g/mol. The summed E-state index contributed by atoms with van der Waals surface area (Å²) in [7, 11) is 1.63. The number of nitrogens with zero attached hydrogens (tertiary/aromatic N) is 5. The fraction of sp³-hybridized carbons (Fsp3) is 0.348. The molecule has 1 amide bonds. The van der Waals surface area contributed by atoms with Gasteiger partial charge in [-0.15, -0.1) is 0 Å². The maximum atomic E-state index is 12.3. The summed E-state index contributed by atoms with van der Waals surface area (Å²) >= 11 is 3.53. The van der Waals surface area contributed by atoms with Crippen molar-refractivity contribution in [3.63, 3.8) is 0 Å². The highest BCUT2D eigenvalue weighted by Crippen LogP contribution is 2.29. The van der Waals surface area contributed by atoms with E-state index in [1.54, 1.807) is 24.2 Å². The van der Waals surface area contributed by atoms with Gasteiger partial charge in [0.1, 0.15) is 4.60 Å². The fourth-order valence-corrected chi connectivity index (χ4v) is 4.71. The number of carbonyl (C=O) groups excluding carboxylic acids is 1. The third-order valence-corrected chi connectivity index (χ3v) is 6.54. The van der Waals surface area contributed by atoms with Gasteiger partial charge in [0.25, 0.3) is 0 Å². The number of halogens is 1. The van der Waals surface area contributed by atoms with Crippen LogP contribution in [0.2, 0.25) is 0 Å². The van der Waals surface area contributed by atoms with Gasteiger partial charge in [0.2, 0.25) is 11.9 Å². The molecule has 10 heteroatoms. The minimum absolute atomic E-state index is 0.00558.